The van der Waals surface area contributed by atoms with Crippen molar-refractivity contribution in [3.63, 3.8) is 0 Å². The van der Waals surface area contributed by atoms with Crippen molar-refractivity contribution in [2.75, 3.05) is 11.9 Å². The maximum atomic E-state index is 11.5. The van der Waals surface area contributed by atoms with Crippen LogP contribution in [-0.4, -0.2) is 27.4 Å². The number of ketones is 1. The van der Waals surface area contributed by atoms with Crippen LogP contribution in [-0.2, 0) is 6.42 Å². The van der Waals surface area contributed by atoms with Gasteiger partial charge in [-0.15, -0.1) is 0 Å². The standard InChI is InChI=1S/C20H19N3O2/c1-14(24)16-3-2-4-17(13-16)19-10-12-22-20(23-19)21-11-9-15-5-7-18(25)8-6-15/h2-8,10,12-13,25H,9,11H2,1H3,(H,21,22,23). The molecule has 2 N–H and O–H groups in total. The number of nitrogens with zero attached hydrogens (tertiary/aromatic N) is 2. The van der Waals surface area contributed by atoms with E-state index in [1.165, 1.54) is 0 Å². The molecule has 0 fully saturated rings. The number of benzene rings is 2. The second-order valence-corrected chi connectivity index (χ2v) is 5.75. The molecule has 0 amide bonds. The highest BCUT2D eigenvalue weighted by molar-refractivity contribution is 5.95. The highest BCUT2D eigenvalue weighted by Gasteiger charge is 2.05. The van der Waals surface area contributed by atoms with Crippen molar-refractivity contribution in [3.05, 3.63) is 71.9 Å². The lowest BCUT2D eigenvalue weighted by molar-refractivity contribution is 0.101. The van der Waals surface area contributed by atoms with Crippen LogP contribution >= 0.6 is 0 Å². The molecule has 0 aliphatic carbocycles. The number of nitrogens with one attached hydrogen (secondary N) is 1. The molecule has 0 atom stereocenters. The van der Waals surface area contributed by atoms with Crippen molar-refractivity contribution >= 4 is 11.7 Å². The van der Waals surface area contributed by atoms with Crippen LogP contribution < -0.4 is 5.32 Å². The molecule has 2 aromatic carbocycles. The topological polar surface area (TPSA) is 75.1 Å². The van der Waals surface area contributed by atoms with E-state index in [0.29, 0.717) is 18.1 Å². The Labute approximate surface area is 146 Å². The molecular weight excluding hydrogens is 314 g/mol. The minimum absolute atomic E-state index is 0.0307. The van der Waals surface area contributed by atoms with Gasteiger partial charge in [0.2, 0.25) is 5.95 Å². The molecule has 1 heterocycles. The first-order chi connectivity index (χ1) is 12.1. The summed E-state index contributed by atoms with van der Waals surface area (Å²) in [6, 6.07) is 16.4. The molecular formula is C20H19N3O2. The summed E-state index contributed by atoms with van der Waals surface area (Å²) in [6.45, 7) is 2.23. The average Bonchev–Trinajstić information content (AvgIpc) is 2.64. The summed E-state index contributed by atoms with van der Waals surface area (Å²) >= 11 is 0. The van der Waals surface area contributed by atoms with Gasteiger partial charge in [-0.2, -0.15) is 0 Å². The van der Waals surface area contributed by atoms with E-state index in [1.807, 2.05) is 36.4 Å². The van der Waals surface area contributed by atoms with Gasteiger partial charge in [0.1, 0.15) is 5.75 Å². The number of phenols is 1. The molecule has 0 aliphatic heterocycles. The number of carbonyl (C=O) groups excluding carboxylic acids is 1. The van der Waals surface area contributed by atoms with Gasteiger partial charge >= 0.3 is 0 Å². The Morgan fingerprint density at radius 3 is 2.68 bits per heavy atom. The number of anilines is 1. The fourth-order valence-electron chi connectivity index (χ4n) is 2.48. The normalized spacial score (nSPS) is 10.4. The molecule has 0 aliphatic rings. The first-order valence-electron chi connectivity index (χ1n) is 8.08. The van der Waals surface area contributed by atoms with Crippen LogP contribution in [0.25, 0.3) is 11.3 Å². The number of Topliss-reactive ketones (excluding diaryl/α,β-unsaturated/α-hetero) is 1. The van der Waals surface area contributed by atoms with E-state index >= 15 is 0 Å². The maximum absolute atomic E-state index is 11.5. The third-order valence-corrected chi connectivity index (χ3v) is 3.85. The maximum Gasteiger partial charge on any atom is 0.223 e. The van der Waals surface area contributed by atoms with Crippen molar-refractivity contribution in [3.8, 4) is 17.0 Å². The highest BCUT2D eigenvalue weighted by atomic mass is 16.3. The van der Waals surface area contributed by atoms with Crippen molar-refractivity contribution < 1.29 is 9.90 Å². The Hall–Kier alpha value is -3.21. The molecule has 3 aromatic rings. The summed E-state index contributed by atoms with van der Waals surface area (Å²) in [5.41, 5.74) is 3.44. The Morgan fingerprint density at radius 2 is 1.92 bits per heavy atom. The zero-order valence-corrected chi connectivity index (χ0v) is 13.9. The Morgan fingerprint density at radius 1 is 1.12 bits per heavy atom. The van der Waals surface area contributed by atoms with Crippen molar-refractivity contribution in [2.45, 2.75) is 13.3 Å². The molecule has 0 saturated heterocycles. The van der Waals surface area contributed by atoms with Gasteiger partial charge in [-0.1, -0.05) is 30.3 Å². The highest BCUT2D eigenvalue weighted by Crippen LogP contribution is 2.19. The van der Waals surface area contributed by atoms with Crippen LogP contribution in [0.3, 0.4) is 0 Å². The second kappa shape index (κ2) is 7.57. The zero-order chi connectivity index (χ0) is 17.6. The molecule has 5 nitrogen and oxygen atoms in total. The average molecular weight is 333 g/mol. The minimum Gasteiger partial charge on any atom is -0.508 e. The van der Waals surface area contributed by atoms with Crippen molar-refractivity contribution in [1.82, 2.24) is 9.97 Å². The SMILES string of the molecule is CC(=O)c1cccc(-c2ccnc(NCCc3ccc(O)cc3)n2)c1. The molecule has 0 unspecified atom stereocenters. The van der Waals surface area contributed by atoms with Gasteiger partial charge in [0.15, 0.2) is 5.78 Å². The van der Waals surface area contributed by atoms with E-state index in [4.69, 9.17) is 0 Å². The third kappa shape index (κ3) is 4.41. The summed E-state index contributed by atoms with van der Waals surface area (Å²) in [4.78, 5) is 20.3. The molecule has 0 spiro atoms. The molecule has 0 bridgehead atoms. The summed E-state index contributed by atoms with van der Waals surface area (Å²) in [5, 5.41) is 12.5. The number of hydrogen-bond acceptors (Lipinski definition) is 5. The quantitative estimate of drug-likeness (QED) is 0.673. The number of aromatic hydroxyl groups is 1. The zero-order valence-electron chi connectivity index (χ0n) is 13.9. The van der Waals surface area contributed by atoms with Crippen molar-refractivity contribution in [1.29, 1.82) is 0 Å². The first-order valence-corrected chi connectivity index (χ1v) is 8.08. The lowest BCUT2D eigenvalue weighted by atomic mass is 10.1. The van der Waals surface area contributed by atoms with Crippen LogP contribution in [0, 0.1) is 0 Å². The number of carbonyl (C=O) groups is 1. The minimum atomic E-state index is 0.0307. The van der Waals surface area contributed by atoms with Gasteiger partial charge < -0.3 is 10.4 Å². The molecule has 0 saturated carbocycles. The predicted octanol–water partition coefficient (Wildman–Crippen LogP) is 3.71. The largest absolute Gasteiger partial charge is 0.508 e. The van der Waals surface area contributed by atoms with Crippen LogP contribution in [0.2, 0.25) is 0 Å². The summed E-state index contributed by atoms with van der Waals surface area (Å²) in [6.07, 6.45) is 2.50. The number of phenolic OH excluding ortho intramolecular Hbond substituents is 1. The van der Waals surface area contributed by atoms with Crippen molar-refractivity contribution in [2.24, 2.45) is 0 Å². The van der Waals surface area contributed by atoms with Gasteiger partial charge in [-0.05, 0) is 43.2 Å². The third-order valence-electron chi connectivity index (χ3n) is 3.85. The first kappa shape index (κ1) is 16.6. The fraction of sp³-hybridized carbons (Fsp3) is 0.150. The Balaban J connectivity index is 1.68. The Kier molecular flexibility index (Phi) is 5.04. The Bertz CT molecular complexity index is 876. The molecule has 25 heavy (non-hydrogen) atoms. The van der Waals surface area contributed by atoms with Gasteiger partial charge in [0, 0.05) is 23.9 Å². The van der Waals surface area contributed by atoms with Crippen LogP contribution in [0.15, 0.2) is 60.8 Å². The summed E-state index contributed by atoms with van der Waals surface area (Å²) < 4.78 is 0. The van der Waals surface area contributed by atoms with E-state index in [9.17, 15) is 9.90 Å². The van der Waals surface area contributed by atoms with Gasteiger partial charge in [0.25, 0.3) is 0 Å². The van der Waals surface area contributed by atoms with E-state index in [1.54, 1.807) is 31.3 Å². The number of rotatable bonds is 6. The lowest BCUT2D eigenvalue weighted by Gasteiger charge is -2.07. The molecule has 5 heteroatoms. The van der Waals surface area contributed by atoms with E-state index in [0.717, 1.165) is 23.2 Å². The second-order valence-electron chi connectivity index (χ2n) is 5.75. The van der Waals surface area contributed by atoms with Gasteiger partial charge in [0.05, 0.1) is 5.69 Å². The molecule has 3 rings (SSSR count). The predicted molar refractivity (Wildman–Crippen MR) is 97.8 cm³/mol. The van der Waals surface area contributed by atoms with E-state index in [-0.39, 0.29) is 11.5 Å². The van der Waals surface area contributed by atoms with Crippen LogP contribution in [0.4, 0.5) is 5.95 Å². The molecule has 0 radical (unpaired) electrons. The van der Waals surface area contributed by atoms with Gasteiger partial charge in [-0.25, -0.2) is 9.97 Å². The lowest BCUT2D eigenvalue weighted by Crippen LogP contribution is -2.08. The molecule has 1 aromatic heterocycles. The fourth-order valence-corrected chi connectivity index (χ4v) is 2.48. The van der Waals surface area contributed by atoms with Crippen LogP contribution in [0.5, 0.6) is 5.75 Å². The smallest absolute Gasteiger partial charge is 0.223 e. The van der Waals surface area contributed by atoms with Gasteiger partial charge in [-0.3, -0.25) is 4.79 Å². The number of aromatic nitrogens is 2. The van der Waals surface area contributed by atoms with E-state index in [2.05, 4.69) is 15.3 Å². The van der Waals surface area contributed by atoms with Crippen LogP contribution in [0.1, 0.15) is 22.8 Å². The molecule has 126 valence electrons. The summed E-state index contributed by atoms with van der Waals surface area (Å²) in [7, 11) is 0. The van der Waals surface area contributed by atoms with E-state index < -0.39 is 0 Å². The summed E-state index contributed by atoms with van der Waals surface area (Å²) in [5.74, 6) is 0.841. The number of hydrogen-bond donors (Lipinski definition) is 2. The monoisotopic (exact) mass is 333 g/mol.